The number of carbonyl (C=O) groups is 1. The van der Waals surface area contributed by atoms with Gasteiger partial charge in [-0.3, -0.25) is 9.69 Å². The monoisotopic (exact) mass is 433 g/mol. The summed E-state index contributed by atoms with van der Waals surface area (Å²) < 4.78 is 13.0. The summed E-state index contributed by atoms with van der Waals surface area (Å²) in [5.41, 5.74) is 1.14. The Kier molecular flexibility index (Phi) is 11.4. The van der Waals surface area contributed by atoms with Gasteiger partial charge in [0.05, 0.1) is 0 Å². The number of nitrogens with one attached hydrogen (secondary N) is 2. The number of carbonyl (C=O) groups excluding carboxylic acids is 1. The zero-order chi connectivity index (χ0) is 18.4. The Bertz CT molecular complexity index is 574. The van der Waals surface area contributed by atoms with Gasteiger partial charge >= 0.3 is 0 Å². The van der Waals surface area contributed by atoms with Crippen LogP contribution >= 0.6 is 24.8 Å². The standard InChI is InChI=1S/C21H32FN3O.2ClH/c1-16(18-6-10-23-11-7-18)14-21(26)24-20-8-12-25(13-9-20)15-17-2-4-19(22)5-3-17;;/h2-5,16,18,20,23H,6-15H2,1H3,(H,24,26);2*1H. The van der Waals surface area contributed by atoms with Crippen LogP contribution in [0.5, 0.6) is 0 Å². The second-order valence-corrected chi connectivity index (χ2v) is 8.01. The highest BCUT2D eigenvalue weighted by atomic mass is 35.5. The summed E-state index contributed by atoms with van der Waals surface area (Å²) in [6.45, 7) is 7.21. The van der Waals surface area contributed by atoms with Crippen molar-refractivity contribution in [3.05, 3.63) is 35.6 Å². The molecule has 0 saturated carbocycles. The summed E-state index contributed by atoms with van der Waals surface area (Å²) in [5.74, 6) is 1.18. The molecule has 160 valence electrons. The third-order valence-electron chi connectivity index (χ3n) is 5.97. The molecule has 4 nitrogen and oxygen atoms in total. The maximum absolute atomic E-state index is 13.0. The van der Waals surface area contributed by atoms with Crippen molar-refractivity contribution in [3.63, 3.8) is 0 Å². The first-order chi connectivity index (χ1) is 12.6. The van der Waals surface area contributed by atoms with Gasteiger partial charge in [0, 0.05) is 32.1 Å². The van der Waals surface area contributed by atoms with Crippen LogP contribution in [0.2, 0.25) is 0 Å². The third kappa shape index (κ3) is 7.86. The Morgan fingerprint density at radius 1 is 1.14 bits per heavy atom. The number of benzene rings is 1. The molecule has 0 radical (unpaired) electrons. The quantitative estimate of drug-likeness (QED) is 0.717. The van der Waals surface area contributed by atoms with E-state index in [4.69, 9.17) is 0 Å². The van der Waals surface area contributed by atoms with Gasteiger partial charge in [0.2, 0.25) is 5.91 Å². The lowest BCUT2D eigenvalue weighted by atomic mass is 9.84. The maximum Gasteiger partial charge on any atom is 0.220 e. The van der Waals surface area contributed by atoms with Gasteiger partial charge in [0.1, 0.15) is 5.82 Å². The Labute approximate surface area is 180 Å². The molecule has 1 aromatic carbocycles. The number of amides is 1. The fourth-order valence-electron chi connectivity index (χ4n) is 4.24. The van der Waals surface area contributed by atoms with Gasteiger partial charge in [-0.1, -0.05) is 19.1 Å². The molecule has 1 atom stereocenters. The van der Waals surface area contributed by atoms with Crippen LogP contribution in [0.1, 0.15) is 44.6 Å². The molecule has 0 aromatic heterocycles. The normalized spacial score (nSPS) is 19.9. The van der Waals surface area contributed by atoms with Crippen molar-refractivity contribution in [1.82, 2.24) is 15.5 Å². The highest BCUT2D eigenvalue weighted by Crippen LogP contribution is 2.24. The highest BCUT2D eigenvalue weighted by Gasteiger charge is 2.24. The van der Waals surface area contributed by atoms with Crippen molar-refractivity contribution in [2.75, 3.05) is 26.2 Å². The minimum atomic E-state index is -0.186. The molecule has 2 saturated heterocycles. The molecule has 3 rings (SSSR count). The minimum Gasteiger partial charge on any atom is -0.353 e. The number of likely N-dealkylation sites (tertiary alicyclic amines) is 1. The van der Waals surface area contributed by atoms with Gasteiger partial charge in [0.25, 0.3) is 0 Å². The average Bonchev–Trinajstić information content (AvgIpc) is 2.66. The van der Waals surface area contributed by atoms with Gasteiger partial charge in [-0.05, 0) is 68.3 Å². The molecule has 7 heteroatoms. The fourth-order valence-corrected chi connectivity index (χ4v) is 4.24. The van der Waals surface area contributed by atoms with Crippen LogP contribution in [0.4, 0.5) is 4.39 Å². The summed E-state index contributed by atoms with van der Waals surface area (Å²) in [6.07, 6.45) is 5.02. The van der Waals surface area contributed by atoms with E-state index < -0.39 is 0 Å². The molecule has 1 aromatic rings. The zero-order valence-corrected chi connectivity index (χ0v) is 18.3. The highest BCUT2D eigenvalue weighted by molar-refractivity contribution is 5.85. The van der Waals surface area contributed by atoms with Gasteiger partial charge in [-0.25, -0.2) is 4.39 Å². The van der Waals surface area contributed by atoms with E-state index in [2.05, 4.69) is 22.5 Å². The van der Waals surface area contributed by atoms with E-state index >= 15 is 0 Å². The molecule has 2 aliphatic heterocycles. The molecule has 2 heterocycles. The largest absolute Gasteiger partial charge is 0.353 e. The molecule has 28 heavy (non-hydrogen) atoms. The molecule has 1 amide bonds. The number of piperidine rings is 2. The summed E-state index contributed by atoms with van der Waals surface area (Å²) in [4.78, 5) is 14.8. The van der Waals surface area contributed by atoms with Crippen molar-refractivity contribution in [1.29, 1.82) is 0 Å². The first-order valence-electron chi connectivity index (χ1n) is 10.1. The van der Waals surface area contributed by atoms with Gasteiger partial charge in [0.15, 0.2) is 0 Å². The SMILES string of the molecule is CC(CC(=O)NC1CCN(Cc2ccc(F)cc2)CC1)C1CCNCC1.Cl.Cl. The molecule has 0 bridgehead atoms. The topological polar surface area (TPSA) is 44.4 Å². The summed E-state index contributed by atoms with van der Waals surface area (Å²) >= 11 is 0. The second kappa shape index (κ2) is 12.6. The van der Waals surface area contributed by atoms with Gasteiger partial charge in [-0.2, -0.15) is 0 Å². The lowest BCUT2D eigenvalue weighted by molar-refractivity contribution is -0.123. The van der Waals surface area contributed by atoms with Crippen molar-refractivity contribution < 1.29 is 9.18 Å². The molecular formula is C21H34Cl2FN3O. The van der Waals surface area contributed by atoms with E-state index in [-0.39, 0.29) is 36.5 Å². The van der Waals surface area contributed by atoms with Crippen molar-refractivity contribution in [2.24, 2.45) is 11.8 Å². The van der Waals surface area contributed by atoms with E-state index in [1.54, 1.807) is 0 Å². The van der Waals surface area contributed by atoms with Crippen LogP contribution in [0.15, 0.2) is 24.3 Å². The fraction of sp³-hybridized carbons (Fsp3) is 0.667. The number of halogens is 3. The van der Waals surface area contributed by atoms with Crippen LogP contribution in [-0.4, -0.2) is 43.0 Å². The number of nitrogens with zero attached hydrogens (tertiary/aromatic N) is 1. The van der Waals surface area contributed by atoms with Crippen LogP contribution in [-0.2, 0) is 11.3 Å². The van der Waals surface area contributed by atoms with Crippen molar-refractivity contribution in [2.45, 2.75) is 51.6 Å². The van der Waals surface area contributed by atoms with Crippen LogP contribution in [0.3, 0.4) is 0 Å². The molecular weight excluding hydrogens is 400 g/mol. The number of hydrogen-bond acceptors (Lipinski definition) is 3. The Morgan fingerprint density at radius 3 is 2.36 bits per heavy atom. The Hall–Kier alpha value is -0.880. The van der Waals surface area contributed by atoms with E-state index in [0.29, 0.717) is 24.3 Å². The third-order valence-corrected chi connectivity index (χ3v) is 5.97. The van der Waals surface area contributed by atoms with E-state index in [0.717, 1.165) is 51.1 Å². The maximum atomic E-state index is 13.0. The predicted octanol–water partition coefficient (Wildman–Crippen LogP) is 3.78. The summed E-state index contributed by atoms with van der Waals surface area (Å²) in [5, 5.41) is 6.64. The Balaban J connectivity index is 0.00000196. The lowest BCUT2D eigenvalue weighted by Crippen LogP contribution is -2.45. The van der Waals surface area contributed by atoms with E-state index in [9.17, 15) is 9.18 Å². The summed E-state index contributed by atoms with van der Waals surface area (Å²) in [6, 6.07) is 7.04. The van der Waals surface area contributed by atoms with Crippen LogP contribution < -0.4 is 10.6 Å². The van der Waals surface area contributed by atoms with Crippen LogP contribution in [0.25, 0.3) is 0 Å². The zero-order valence-electron chi connectivity index (χ0n) is 16.7. The average molecular weight is 434 g/mol. The number of hydrogen-bond donors (Lipinski definition) is 2. The molecule has 2 N–H and O–H groups in total. The first kappa shape index (κ1) is 25.2. The first-order valence-corrected chi connectivity index (χ1v) is 10.1. The molecule has 0 aliphatic carbocycles. The minimum absolute atomic E-state index is 0. The molecule has 0 spiro atoms. The smallest absolute Gasteiger partial charge is 0.220 e. The van der Waals surface area contributed by atoms with Crippen molar-refractivity contribution in [3.8, 4) is 0 Å². The van der Waals surface area contributed by atoms with Gasteiger partial charge in [-0.15, -0.1) is 24.8 Å². The van der Waals surface area contributed by atoms with Gasteiger partial charge < -0.3 is 10.6 Å². The second-order valence-electron chi connectivity index (χ2n) is 8.01. The van der Waals surface area contributed by atoms with Crippen LogP contribution in [0, 0.1) is 17.7 Å². The van der Waals surface area contributed by atoms with E-state index in [1.165, 1.54) is 25.0 Å². The molecule has 2 fully saturated rings. The Morgan fingerprint density at radius 2 is 1.75 bits per heavy atom. The lowest BCUT2D eigenvalue weighted by Gasteiger charge is -2.33. The molecule has 1 unspecified atom stereocenters. The molecule has 2 aliphatic rings. The van der Waals surface area contributed by atoms with Crippen molar-refractivity contribution >= 4 is 30.7 Å². The van der Waals surface area contributed by atoms with E-state index in [1.807, 2.05) is 12.1 Å². The number of rotatable bonds is 6. The summed E-state index contributed by atoms with van der Waals surface area (Å²) in [7, 11) is 0. The predicted molar refractivity (Wildman–Crippen MR) is 117 cm³/mol.